The molecule has 0 radical (unpaired) electrons. The molecule has 1 aromatic heterocycles. The lowest BCUT2D eigenvalue weighted by Crippen LogP contribution is -2.05. The first kappa shape index (κ1) is 13.0. The van der Waals surface area contributed by atoms with Gasteiger partial charge in [-0.3, -0.25) is 4.68 Å². The molecule has 0 fully saturated rings. The molecule has 7 heteroatoms. The minimum atomic E-state index is -1.17. The molecule has 100 valence electrons. The largest absolute Gasteiger partial charge is 0.476 e. The fourth-order valence-corrected chi connectivity index (χ4v) is 1.69. The van der Waals surface area contributed by atoms with Crippen LogP contribution in [-0.4, -0.2) is 20.9 Å². The second-order valence-corrected chi connectivity index (χ2v) is 4.00. The molecule has 2 aromatic rings. The molecule has 5 nitrogen and oxygen atoms in total. The van der Waals surface area contributed by atoms with Crippen LogP contribution in [0.15, 0.2) is 24.4 Å². The summed E-state index contributed by atoms with van der Waals surface area (Å²) in [6.45, 7) is 0.0979. The molecule has 0 unspecified atom stereocenters. The second kappa shape index (κ2) is 5.05. The van der Waals surface area contributed by atoms with Gasteiger partial charge in [-0.05, 0) is 17.7 Å². The summed E-state index contributed by atoms with van der Waals surface area (Å²) < 4.78 is 27.3. The number of halogens is 2. The van der Waals surface area contributed by atoms with E-state index in [1.54, 1.807) is 7.05 Å². The predicted molar refractivity (Wildman–Crippen MR) is 63.9 cm³/mol. The van der Waals surface area contributed by atoms with E-state index in [0.29, 0.717) is 11.3 Å². The summed E-state index contributed by atoms with van der Waals surface area (Å²) in [6, 6.07) is 3.12. The summed E-state index contributed by atoms with van der Waals surface area (Å²) in [5.74, 6) is -2.53. The van der Waals surface area contributed by atoms with Crippen LogP contribution in [0.3, 0.4) is 0 Å². The number of aryl methyl sites for hydroxylation is 1. The lowest BCUT2D eigenvalue weighted by Gasteiger charge is -2.05. The van der Waals surface area contributed by atoms with Crippen LogP contribution >= 0.6 is 0 Å². The van der Waals surface area contributed by atoms with Gasteiger partial charge < -0.3 is 10.4 Å². The van der Waals surface area contributed by atoms with Gasteiger partial charge >= 0.3 is 5.97 Å². The number of nitrogens with zero attached hydrogens (tertiary/aromatic N) is 2. The monoisotopic (exact) mass is 267 g/mol. The Labute approximate surface area is 107 Å². The molecule has 2 rings (SSSR count). The van der Waals surface area contributed by atoms with Crippen LogP contribution < -0.4 is 5.32 Å². The highest BCUT2D eigenvalue weighted by Crippen LogP contribution is 2.15. The molecule has 0 aliphatic rings. The average Bonchev–Trinajstić information content (AvgIpc) is 2.67. The van der Waals surface area contributed by atoms with Gasteiger partial charge in [0.25, 0.3) is 0 Å². The van der Waals surface area contributed by atoms with Crippen LogP contribution in [0.5, 0.6) is 0 Å². The van der Waals surface area contributed by atoms with Crippen molar-refractivity contribution in [2.24, 2.45) is 7.05 Å². The normalized spacial score (nSPS) is 10.5. The maximum Gasteiger partial charge on any atom is 0.358 e. The lowest BCUT2D eigenvalue weighted by molar-refractivity contribution is 0.0690. The average molecular weight is 267 g/mol. The highest BCUT2D eigenvalue weighted by Gasteiger charge is 2.14. The van der Waals surface area contributed by atoms with Crippen molar-refractivity contribution in [3.05, 3.63) is 47.3 Å². The van der Waals surface area contributed by atoms with E-state index in [1.165, 1.54) is 23.0 Å². The topological polar surface area (TPSA) is 67.2 Å². The van der Waals surface area contributed by atoms with Gasteiger partial charge in [0.2, 0.25) is 0 Å². The number of hydrogen-bond donors (Lipinski definition) is 2. The zero-order valence-corrected chi connectivity index (χ0v) is 10.0. The van der Waals surface area contributed by atoms with Crippen molar-refractivity contribution < 1.29 is 18.7 Å². The van der Waals surface area contributed by atoms with Crippen molar-refractivity contribution in [1.82, 2.24) is 9.78 Å². The molecule has 0 saturated heterocycles. The van der Waals surface area contributed by atoms with E-state index in [4.69, 9.17) is 5.11 Å². The molecule has 0 saturated carbocycles. The molecule has 1 heterocycles. The van der Waals surface area contributed by atoms with E-state index >= 15 is 0 Å². The fraction of sp³-hybridized carbons (Fsp3) is 0.167. The van der Waals surface area contributed by atoms with E-state index in [0.717, 1.165) is 6.07 Å². The van der Waals surface area contributed by atoms with Crippen molar-refractivity contribution in [3.8, 4) is 0 Å². The van der Waals surface area contributed by atoms with E-state index in [9.17, 15) is 13.6 Å². The Morgan fingerprint density at radius 1 is 1.37 bits per heavy atom. The van der Waals surface area contributed by atoms with E-state index < -0.39 is 17.6 Å². The summed E-state index contributed by atoms with van der Waals surface area (Å²) in [7, 11) is 1.58. The van der Waals surface area contributed by atoms with Crippen LogP contribution in [-0.2, 0) is 13.6 Å². The molecule has 19 heavy (non-hydrogen) atoms. The Hall–Kier alpha value is -2.44. The second-order valence-electron chi connectivity index (χ2n) is 4.00. The molecular weight excluding hydrogens is 256 g/mol. The van der Waals surface area contributed by atoms with E-state index in [1.807, 2.05) is 0 Å². The van der Waals surface area contributed by atoms with E-state index in [-0.39, 0.29) is 12.2 Å². The summed E-state index contributed by atoms with van der Waals surface area (Å²) in [5.41, 5.74) is 0.525. The Kier molecular flexibility index (Phi) is 3.46. The van der Waals surface area contributed by atoms with Crippen molar-refractivity contribution in [2.45, 2.75) is 6.54 Å². The third-order valence-electron chi connectivity index (χ3n) is 2.44. The van der Waals surface area contributed by atoms with Crippen molar-refractivity contribution in [1.29, 1.82) is 0 Å². The van der Waals surface area contributed by atoms with Crippen LogP contribution in [0.4, 0.5) is 14.5 Å². The van der Waals surface area contributed by atoms with Crippen LogP contribution in [0.1, 0.15) is 16.1 Å². The number of aromatic carboxylic acids is 1. The highest BCUT2D eigenvalue weighted by molar-refractivity contribution is 5.91. The lowest BCUT2D eigenvalue weighted by atomic mass is 10.2. The number of anilines is 1. The molecule has 0 spiro atoms. The molecule has 0 amide bonds. The first-order valence-corrected chi connectivity index (χ1v) is 5.41. The molecule has 0 aliphatic heterocycles. The Bertz CT molecular complexity index is 605. The first-order chi connectivity index (χ1) is 8.95. The SMILES string of the molecule is Cn1cc(NCc2cc(F)cc(F)c2)c(C(=O)O)n1. The van der Waals surface area contributed by atoms with Gasteiger partial charge in [-0.1, -0.05) is 0 Å². The number of carbonyl (C=O) groups is 1. The molecule has 2 N–H and O–H groups in total. The molecule has 1 aromatic carbocycles. The summed E-state index contributed by atoms with van der Waals surface area (Å²) in [6.07, 6.45) is 1.49. The van der Waals surface area contributed by atoms with Crippen LogP contribution in [0.2, 0.25) is 0 Å². The zero-order chi connectivity index (χ0) is 14.0. The maximum absolute atomic E-state index is 13.0. The van der Waals surface area contributed by atoms with Gasteiger partial charge in [0, 0.05) is 25.9 Å². The van der Waals surface area contributed by atoms with Gasteiger partial charge in [0.1, 0.15) is 11.6 Å². The Balaban J connectivity index is 2.16. The van der Waals surface area contributed by atoms with Gasteiger partial charge in [-0.2, -0.15) is 5.10 Å². The zero-order valence-electron chi connectivity index (χ0n) is 10.0. The van der Waals surface area contributed by atoms with Gasteiger partial charge in [0.15, 0.2) is 5.69 Å². The van der Waals surface area contributed by atoms with Crippen molar-refractivity contribution in [3.63, 3.8) is 0 Å². The smallest absolute Gasteiger partial charge is 0.358 e. The first-order valence-electron chi connectivity index (χ1n) is 5.41. The molecule has 0 bridgehead atoms. The minimum Gasteiger partial charge on any atom is -0.476 e. The van der Waals surface area contributed by atoms with Crippen molar-refractivity contribution >= 4 is 11.7 Å². The molecular formula is C12H11F2N3O2. The number of hydrogen-bond acceptors (Lipinski definition) is 3. The van der Waals surface area contributed by atoms with Gasteiger partial charge in [0.05, 0.1) is 5.69 Å². The third kappa shape index (κ3) is 3.06. The minimum absolute atomic E-state index is 0.0979. The number of carboxylic acids is 1. The standard InChI is InChI=1S/C12H11F2N3O2/c1-17-6-10(11(16-17)12(18)19)15-5-7-2-8(13)4-9(14)3-7/h2-4,6,15H,5H2,1H3,(H,18,19). The van der Waals surface area contributed by atoms with Gasteiger partial charge in [-0.25, -0.2) is 13.6 Å². The van der Waals surface area contributed by atoms with E-state index in [2.05, 4.69) is 10.4 Å². The summed E-state index contributed by atoms with van der Waals surface area (Å²) in [4.78, 5) is 10.9. The molecule has 0 aliphatic carbocycles. The quantitative estimate of drug-likeness (QED) is 0.889. The number of nitrogens with one attached hydrogen (secondary N) is 1. The fourth-order valence-electron chi connectivity index (χ4n) is 1.69. The maximum atomic E-state index is 13.0. The number of carboxylic acid groups (broad SMARTS) is 1. The van der Waals surface area contributed by atoms with Crippen molar-refractivity contribution in [2.75, 3.05) is 5.32 Å². The number of benzene rings is 1. The number of aromatic nitrogens is 2. The predicted octanol–water partition coefficient (Wildman–Crippen LogP) is 2.01. The van der Waals surface area contributed by atoms with Crippen LogP contribution in [0.25, 0.3) is 0 Å². The summed E-state index contributed by atoms with van der Waals surface area (Å²) in [5, 5.41) is 15.5. The van der Waals surface area contributed by atoms with Gasteiger partial charge in [-0.15, -0.1) is 0 Å². The molecule has 0 atom stereocenters. The Morgan fingerprint density at radius 3 is 2.58 bits per heavy atom. The van der Waals surface area contributed by atoms with Crippen LogP contribution in [0, 0.1) is 11.6 Å². The summed E-state index contributed by atoms with van der Waals surface area (Å²) >= 11 is 0. The highest BCUT2D eigenvalue weighted by atomic mass is 19.1. The third-order valence-corrected chi connectivity index (χ3v) is 2.44. The number of rotatable bonds is 4. The Morgan fingerprint density at radius 2 is 2.00 bits per heavy atom.